The van der Waals surface area contributed by atoms with Crippen molar-refractivity contribution in [2.45, 2.75) is 13.3 Å². The molecule has 0 bridgehead atoms. The van der Waals surface area contributed by atoms with Crippen molar-refractivity contribution in [3.05, 3.63) is 18.2 Å². The van der Waals surface area contributed by atoms with E-state index >= 15 is 0 Å². The molecule has 6 heteroatoms. The van der Waals surface area contributed by atoms with E-state index in [1.807, 2.05) is 0 Å². The largest absolute Gasteiger partial charge is 0.494 e. The molecule has 0 saturated heterocycles. The van der Waals surface area contributed by atoms with Gasteiger partial charge in [-0.1, -0.05) is 6.92 Å². The smallest absolute Gasteiger partial charge is 0.224 e. The van der Waals surface area contributed by atoms with Gasteiger partial charge >= 0.3 is 0 Å². The van der Waals surface area contributed by atoms with E-state index in [4.69, 9.17) is 22.7 Å². The summed E-state index contributed by atoms with van der Waals surface area (Å²) in [6, 6.07) is 5.20. The van der Waals surface area contributed by atoms with Gasteiger partial charge < -0.3 is 21.1 Å². The first-order valence-electron chi connectivity index (χ1n) is 5.11. The molecule has 0 heterocycles. The Kier molecular flexibility index (Phi) is 4.71. The van der Waals surface area contributed by atoms with Gasteiger partial charge in [-0.15, -0.1) is 0 Å². The molecule has 0 unspecified atom stereocenters. The quantitative estimate of drug-likeness (QED) is 0.712. The van der Waals surface area contributed by atoms with Gasteiger partial charge in [0.1, 0.15) is 5.75 Å². The highest BCUT2D eigenvalue weighted by atomic mass is 32.1. The van der Waals surface area contributed by atoms with Gasteiger partial charge in [-0.3, -0.25) is 4.79 Å². The Morgan fingerprint density at radius 3 is 2.71 bits per heavy atom. The maximum Gasteiger partial charge on any atom is 0.224 e. The Hall–Kier alpha value is -1.82. The van der Waals surface area contributed by atoms with E-state index in [0.717, 1.165) is 0 Å². The van der Waals surface area contributed by atoms with Crippen molar-refractivity contribution in [3.8, 4) is 5.75 Å². The van der Waals surface area contributed by atoms with Crippen molar-refractivity contribution in [1.29, 1.82) is 0 Å². The molecule has 1 aromatic carbocycles. The molecule has 1 rings (SSSR count). The number of hydrogen-bond acceptors (Lipinski definition) is 3. The molecule has 0 saturated carbocycles. The van der Waals surface area contributed by atoms with Gasteiger partial charge in [-0.2, -0.15) is 0 Å². The van der Waals surface area contributed by atoms with Crippen LogP contribution >= 0.6 is 12.2 Å². The molecule has 0 spiro atoms. The molecule has 0 radical (unpaired) electrons. The summed E-state index contributed by atoms with van der Waals surface area (Å²) < 4.78 is 5.17. The molecule has 92 valence electrons. The van der Waals surface area contributed by atoms with Gasteiger partial charge in [0, 0.05) is 18.2 Å². The van der Waals surface area contributed by atoms with Gasteiger partial charge in [-0.25, -0.2) is 0 Å². The predicted molar refractivity (Wildman–Crippen MR) is 72.3 cm³/mol. The summed E-state index contributed by atoms with van der Waals surface area (Å²) in [6.07, 6.45) is 0.413. The van der Waals surface area contributed by atoms with Gasteiger partial charge in [0.25, 0.3) is 0 Å². The topological polar surface area (TPSA) is 76.4 Å². The zero-order valence-electron chi connectivity index (χ0n) is 9.74. The van der Waals surface area contributed by atoms with E-state index in [0.29, 0.717) is 23.5 Å². The number of methoxy groups -OCH3 is 1. The lowest BCUT2D eigenvalue weighted by Crippen LogP contribution is -2.19. The zero-order chi connectivity index (χ0) is 12.8. The summed E-state index contributed by atoms with van der Waals surface area (Å²) in [5.41, 5.74) is 6.70. The molecule has 0 aliphatic rings. The number of rotatable bonds is 4. The van der Waals surface area contributed by atoms with E-state index in [9.17, 15) is 4.79 Å². The van der Waals surface area contributed by atoms with Crippen molar-refractivity contribution in [1.82, 2.24) is 0 Å². The van der Waals surface area contributed by atoms with Crippen molar-refractivity contribution in [2.75, 3.05) is 17.7 Å². The molecular weight excluding hydrogens is 238 g/mol. The number of benzene rings is 1. The monoisotopic (exact) mass is 253 g/mol. The molecule has 1 amide bonds. The van der Waals surface area contributed by atoms with Crippen LogP contribution in [-0.4, -0.2) is 18.1 Å². The van der Waals surface area contributed by atoms with Crippen LogP contribution in [0.4, 0.5) is 11.4 Å². The normalized spacial score (nSPS) is 9.53. The van der Waals surface area contributed by atoms with E-state index in [2.05, 4.69) is 10.6 Å². The molecule has 1 aromatic rings. The van der Waals surface area contributed by atoms with E-state index < -0.39 is 0 Å². The predicted octanol–water partition coefficient (Wildman–Crippen LogP) is 1.70. The number of carbonyl (C=O) groups excluding carboxylic acids is 1. The van der Waals surface area contributed by atoms with Crippen LogP contribution in [0.25, 0.3) is 0 Å². The average Bonchev–Trinajstić information content (AvgIpc) is 2.30. The molecule has 5 nitrogen and oxygen atoms in total. The minimum Gasteiger partial charge on any atom is -0.494 e. The Bertz CT molecular complexity index is 435. The van der Waals surface area contributed by atoms with Gasteiger partial charge in [0.2, 0.25) is 5.91 Å². The Balaban J connectivity index is 2.92. The van der Waals surface area contributed by atoms with Crippen molar-refractivity contribution in [2.24, 2.45) is 5.73 Å². The fourth-order valence-corrected chi connectivity index (χ4v) is 1.37. The van der Waals surface area contributed by atoms with Crippen molar-refractivity contribution < 1.29 is 9.53 Å². The summed E-state index contributed by atoms with van der Waals surface area (Å²) in [4.78, 5) is 11.3. The molecule has 0 fully saturated rings. The molecule has 17 heavy (non-hydrogen) atoms. The Labute approximate surface area is 105 Å². The van der Waals surface area contributed by atoms with Gasteiger partial charge in [0.05, 0.1) is 12.8 Å². The fraction of sp³-hybridized carbons (Fsp3) is 0.273. The zero-order valence-corrected chi connectivity index (χ0v) is 10.6. The molecule has 0 atom stereocenters. The number of thiocarbonyl (C=S) groups is 1. The van der Waals surface area contributed by atoms with Gasteiger partial charge in [-0.05, 0) is 24.4 Å². The maximum atomic E-state index is 11.3. The van der Waals surface area contributed by atoms with E-state index in [-0.39, 0.29) is 11.0 Å². The number of hydrogen-bond donors (Lipinski definition) is 3. The van der Waals surface area contributed by atoms with Crippen LogP contribution in [0, 0.1) is 0 Å². The first-order chi connectivity index (χ1) is 8.06. The van der Waals surface area contributed by atoms with E-state index in [1.54, 1.807) is 25.1 Å². The summed E-state index contributed by atoms with van der Waals surface area (Å²) in [7, 11) is 1.53. The third kappa shape index (κ3) is 3.92. The minimum absolute atomic E-state index is 0.0710. The Morgan fingerprint density at radius 1 is 1.47 bits per heavy atom. The fourth-order valence-electron chi connectivity index (χ4n) is 1.25. The number of anilines is 2. The average molecular weight is 253 g/mol. The summed E-state index contributed by atoms with van der Waals surface area (Å²) >= 11 is 4.73. The van der Waals surface area contributed by atoms with Crippen LogP contribution in [0.5, 0.6) is 5.75 Å². The van der Waals surface area contributed by atoms with Crippen LogP contribution in [0.1, 0.15) is 13.3 Å². The number of carbonyl (C=O) groups is 1. The lowest BCUT2D eigenvalue weighted by atomic mass is 10.2. The highest BCUT2D eigenvalue weighted by Gasteiger charge is 2.07. The van der Waals surface area contributed by atoms with Gasteiger partial charge in [0.15, 0.2) is 5.11 Å². The molecule has 4 N–H and O–H groups in total. The third-order valence-electron chi connectivity index (χ3n) is 2.06. The number of nitrogens with one attached hydrogen (secondary N) is 2. The standard InChI is InChI=1S/C11H15N3O2S/c1-3-10(15)14-8-5-4-7(13-11(12)17)6-9(8)16-2/h4-6H,3H2,1-2H3,(H,14,15)(H3,12,13,17). The van der Waals surface area contributed by atoms with E-state index in [1.165, 1.54) is 7.11 Å². The minimum atomic E-state index is -0.0710. The first-order valence-corrected chi connectivity index (χ1v) is 5.52. The molecule has 0 aliphatic carbocycles. The molecule has 0 aliphatic heterocycles. The van der Waals surface area contributed by atoms with Crippen LogP contribution in [-0.2, 0) is 4.79 Å². The third-order valence-corrected chi connectivity index (χ3v) is 2.17. The second-order valence-corrected chi connectivity index (χ2v) is 3.75. The van der Waals surface area contributed by atoms with Crippen LogP contribution in [0.15, 0.2) is 18.2 Å². The van der Waals surface area contributed by atoms with Crippen LogP contribution in [0.2, 0.25) is 0 Å². The van der Waals surface area contributed by atoms with Crippen LogP contribution in [0.3, 0.4) is 0 Å². The Morgan fingerprint density at radius 2 is 2.18 bits per heavy atom. The number of ether oxygens (including phenoxy) is 1. The maximum absolute atomic E-state index is 11.3. The SMILES string of the molecule is CCC(=O)Nc1ccc(NC(N)=S)cc1OC. The molecular formula is C11H15N3O2S. The first kappa shape index (κ1) is 13.2. The lowest BCUT2D eigenvalue weighted by molar-refractivity contribution is -0.115. The van der Waals surface area contributed by atoms with Crippen LogP contribution < -0.4 is 21.1 Å². The second kappa shape index (κ2) is 6.05. The van der Waals surface area contributed by atoms with Crippen molar-refractivity contribution >= 4 is 34.6 Å². The summed E-state index contributed by atoms with van der Waals surface area (Å²) in [6.45, 7) is 1.78. The highest BCUT2D eigenvalue weighted by Crippen LogP contribution is 2.27. The number of amides is 1. The highest BCUT2D eigenvalue weighted by molar-refractivity contribution is 7.80. The number of nitrogens with two attached hydrogens (primary N) is 1. The summed E-state index contributed by atoms with van der Waals surface area (Å²) in [5.74, 6) is 0.478. The second-order valence-electron chi connectivity index (χ2n) is 3.31. The van der Waals surface area contributed by atoms with Crippen molar-refractivity contribution in [3.63, 3.8) is 0 Å². The lowest BCUT2D eigenvalue weighted by Gasteiger charge is -2.12. The molecule has 0 aromatic heterocycles. The summed E-state index contributed by atoms with van der Waals surface area (Å²) in [5, 5.41) is 5.70.